The Morgan fingerprint density at radius 1 is 0.909 bits per heavy atom. The Morgan fingerprint density at radius 3 is 2.30 bits per heavy atom. The summed E-state index contributed by atoms with van der Waals surface area (Å²) in [7, 11) is 0. The molecule has 4 rings (SSSR count). The first-order valence-electron chi connectivity index (χ1n) is 10.5. The summed E-state index contributed by atoms with van der Waals surface area (Å²) >= 11 is 20.0. The van der Waals surface area contributed by atoms with E-state index in [1.165, 1.54) is 0 Å². The molecule has 168 valence electrons. The molecule has 0 bridgehead atoms. The molecule has 1 heterocycles. The zero-order chi connectivity index (χ0) is 23.0. The van der Waals surface area contributed by atoms with Gasteiger partial charge in [-0.05, 0) is 35.9 Å². The maximum atomic E-state index is 6.58. The third-order valence-electron chi connectivity index (χ3n) is 5.08. The number of anilines is 1. The molecule has 1 aromatic heterocycles. The highest BCUT2D eigenvalue weighted by Crippen LogP contribution is 2.34. The van der Waals surface area contributed by atoms with Gasteiger partial charge in [-0.1, -0.05) is 54.1 Å². The topological polar surface area (TPSA) is 28.5 Å². The fourth-order valence-electron chi connectivity index (χ4n) is 3.40. The second-order valence-corrected chi connectivity index (χ2v) is 9.30. The summed E-state index contributed by atoms with van der Waals surface area (Å²) in [6.45, 7) is 1.52. The first-order chi connectivity index (χ1) is 16.2. The van der Waals surface area contributed by atoms with Crippen molar-refractivity contribution in [2.24, 2.45) is 4.99 Å². The molecule has 0 fully saturated rings. The molecule has 0 aliphatic carbocycles. The van der Waals surface area contributed by atoms with Crippen molar-refractivity contribution >= 4 is 63.7 Å². The molecule has 0 spiro atoms. The number of thiazole rings is 1. The largest absolute Gasteiger partial charge is 0.369 e. The standard InChI is InChI=1S/C26H22Cl3N3S/c27-12-14-32(15-13-28)22-9-6-19(7-10-22)17-30-21-8-11-23(24(29)16-21)25-18-33-26(31-25)20-4-2-1-3-5-20/h1-11,16-18H,12-15H2. The van der Waals surface area contributed by atoms with E-state index in [1.807, 2.05) is 60.1 Å². The average molecular weight is 515 g/mol. The fourth-order valence-corrected chi connectivity index (χ4v) is 4.90. The molecule has 0 saturated heterocycles. The number of aliphatic imine (C=N–C) groups is 1. The van der Waals surface area contributed by atoms with E-state index in [2.05, 4.69) is 34.2 Å². The Labute approximate surface area is 213 Å². The van der Waals surface area contributed by atoms with Gasteiger partial charge in [0, 0.05) is 53.3 Å². The van der Waals surface area contributed by atoms with Crippen LogP contribution in [0.4, 0.5) is 11.4 Å². The van der Waals surface area contributed by atoms with E-state index in [9.17, 15) is 0 Å². The van der Waals surface area contributed by atoms with Crippen molar-refractivity contribution in [3.63, 3.8) is 0 Å². The average Bonchev–Trinajstić information content (AvgIpc) is 3.34. The van der Waals surface area contributed by atoms with Crippen molar-refractivity contribution in [2.75, 3.05) is 29.7 Å². The molecule has 33 heavy (non-hydrogen) atoms. The van der Waals surface area contributed by atoms with Crippen molar-refractivity contribution in [2.45, 2.75) is 0 Å². The lowest BCUT2D eigenvalue weighted by molar-refractivity contribution is 0.874. The summed E-state index contributed by atoms with van der Waals surface area (Å²) in [5, 5.41) is 3.64. The maximum Gasteiger partial charge on any atom is 0.124 e. The summed E-state index contributed by atoms with van der Waals surface area (Å²) in [6.07, 6.45) is 1.83. The van der Waals surface area contributed by atoms with Crippen LogP contribution < -0.4 is 4.90 Å². The molecular formula is C26H22Cl3N3S. The lowest BCUT2D eigenvalue weighted by Crippen LogP contribution is -2.27. The van der Waals surface area contributed by atoms with E-state index < -0.39 is 0 Å². The number of benzene rings is 3. The number of alkyl halides is 2. The van der Waals surface area contributed by atoms with Crippen LogP contribution in [0, 0.1) is 0 Å². The van der Waals surface area contributed by atoms with Gasteiger partial charge in [0.05, 0.1) is 16.4 Å². The number of aromatic nitrogens is 1. The van der Waals surface area contributed by atoms with E-state index in [0.717, 1.165) is 51.9 Å². The van der Waals surface area contributed by atoms with Crippen molar-refractivity contribution < 1.29 is 0 Å². The Bertz CT molecular complexity index is 1200. The smallest absolute Gasteiger partial charge is 0.124 e. The van der Waals surface area contributed by atoms with E-state index in [0.29, 0.717) is 16.8 Å². The summed E-state index contributed by atoms with van der Waals surface area (Å²) < 4.78 is 0. The second kappa shape index (κ2) is 11.7. The molecular weight excluding hydrogens is 493 g/mol. The first kappa shape index (κ1) is 23.8. The minimum Gasteiger partial charge on any atom is -0.369 e. The highest BCUT2D eigenvalue weighted by molar-refractivity contribution is 7.13. The van der Waals surface area contributed by atoms with E-state index in [-0.39, 0.29) is 0 Å². The van der Waals surface area contributed by atoms with E-state index >= 15 is 0 Å². The van der Waals surface area contributed by atoms with Gasteiger partial charge in [0.15, 0.2) is 0 Å². The van der Waals surface area contributed by atoms with Crippen molar-refractivity contribution in [1.82, 2.24) is 4.98 Å². The molecule has 0 amide bonds. The van der Waals surface area contributed by atoms with Crippen LogP contribution in [0.25, 0.3) is 21.8 Å². The zero-order valence-electron chi connectivity index (χ0n) is 17.8. The highest BCUT2D eigenvalue weighted by Gasteiger charge is 2.10. The Hall–Kier alpha value is -2.37. The predicted octanol–water partition coefficient (Wildman–Crippen LogP) is 8.17. The van der Waals surface area contributed by atoms with Crippen molar-refractivity contribution in [3.8, 4) is 21.8 Å². The summed E-state index contributed by atoms with van der Waals surface area (Å²) in [5.74, 6) is 1.12. The number of hydrogen-bond acceptors (Lipinski definition) is 4. The number of nitrogens with zero attached hydrogens (tertiary/aromatic N) is 3. The normalized spacial score (nSPS) is 11.2. The minimum absolute atomic E-state index is 0.561. The van der Waals surface area contributed by atoms with Crippen LogP contribution in [-0.2, 0) is 0 Å². The molecule has 7 heteroatoms. The lowest BCUT2D eigenvalue weighted by Gasteiger charge is -2.22. The number of rotatable bonds is 9. The number of halogens is 3. The van der Waals surface area contributed by atoms with Gasteiger partial charge >= 0.3 is 0 Å². The number of hydrogen-bond donors (Lipinski definition) is 0. The van der Waals surface area contributed by atoms with Gasteiger partial charge in [0.1, 0.15) is 5.01 Å². The maximum absolute atomic E-state index is 6.58. The summed E-state index contributed by atoms with van der Waals surface area (Å²) in [6, 6.07) is 24.1. The lowest BCUT2D eigenvalue weighted by atomic mass is 10.1. The molecule has 0 unspecified atom stereocenters. The second-order valence-electron chi connectivity index (χ2n) is 7.28. The molecule has 0 saturated carbocycles. The third kappa shape index (κ3) is 6.15. The van der Waals surface area contributed by atoms with Gasteiger partial charge in [-0.3, -0.25) is 4.99 Å². The molecule has 0 atom stereocenters. The minimum atomic E-state index is 0.561. The first-order valence-corrected chi connectivity index (χ1v) is 12.8. The SMILES string of the molecule is ClCCN(CCCl)c1ccc(C=Nc2ccc(-c3csc(-c4ccccc4)n3)c(Cl)c2)cc1. The fraction of sp³-hybridized carbons (Fsp3) is 0.154. The van der Waals surface area contributed by atoms with Crippen molar-refractivity contribution in [1.29, 1.82) is 0 Å². The summed E-state index contributed by atoms with van der Waals surface area (Å²) in [4.78, 5) is 11.5. The van der Waals surface area contributed by atoms with Crippen LogP contribution in [0.5, 0.6) is 0 Å². The molecule has 0 aliphatic rings. The molecule has 0 radical (unpaired) electrons. The van der Waals surface area contributed by atoms with E-state index in [1.54, 1.807) is 11.3 Å². The van der Waals surface area contributed by atoms with Crippen LogP contribution >= 0.6 is 46.1 Å². The van der Waals surface area contributed by atoms with Gasteiger partial charge in [-0.15, -0.1) is 34.5 Å². The Morgan fingerprint density at radius 2 is 1.64 bits per heavy atom. The van der Waals surface area contributed by atoms with Crippen LogP contribution in [0.2, 0.25) is 5.02 Å². The van der Waals surface area contributed by atoms with Crippen LogP contribution in [-0.4, -0.2) is 36.0 Å². The van der Waals surface area contributed by atoms with Gasteiger partial charge < -0.3 is 4.90 Å². The quantitative estimate of drug-likeness (QED) is 0.166. The van der Waals surface area contributed by atoms with Crippen LogP contribution in [0.15, 0.2) is 83.2 Å². The molecule has 0 aliphatic heterocycles. The Kier molecular flexibility index (Phi) is 8.40. The van der Waals surface area contributed by atoms with E-state index in [4.69, 9.17) is 39.8 Å². The monoisotopic (exact) mass is 513 g/mol. The van der Waals surface area contributed by atoms with Crippen LogP contribution in [0.3, 0.4) is 0 Å². The van der Waals surface area contributed by atoms with Gasteiger partial charge in [-0.2, -0.15) is 0 Å². The molecule has 3 nitrogen and oxygen atoms in total. The molecule has 0 N–H and O–H groups in total. The zero-order valence-corrected chi connectivity index (χ0v) is 20.9. The molecule has 4 aromatic rings. The van der Waals surface area contributed by atoms with Gasteiger partial charge in [0.2, 0.25) is 0 Å². The molecule has 3 aromatic carbocycles. The highest BCUT2D eigenvalue weighted by atomic mass is 35.5. The van der Waals surface area contributed by atoms with Crippen LogP contribution in [0.1, 0.15) is 5.56 Å². The van der Waals surface area contributed by atoms with Gasteiger partial charge in [-0.25, -0.2) is 4.98 Å². The van der Waals surface area contributed by atoms with Gasteiger partial charge in [0.25, 0.3) is 0 Å². The van der Waals surface area contributed by atoms with Crippen molar-refractivity contribution in [3.05, 3.63) is 88.8 Å². The summed E-state index contributed by atoms with van der Waals surface area (Å²) in [5.41, 5.74) is 5.76. The Balaban J connectivity index is 1.47. The predicted molar refractivity (Wildman–Crippen MR) is 145 cm³/mol. The third-order valence-corrected chi connectivity index (χ3v) is 6.63.